The van der Waals surface area contributed by atoms with Gasteiger partial charge in [0.05, 0.1) is 5.52 Å². The molecular formula is C20H18Cl2N4O. The van der Waals surface area contributed by atoms with Gasteiger partial charge >= 0.3 is 0 Å². The molecule has 0 atom stereocenters. The van der Waals surface area contributed by atoms with Crippen LogP contribution in [0.3, 0.4) is 0 Å². The highest BCUT2D eigenvalue weighted by Gasteiger charge is 2.20. The lowest BCUT2D eigenvalue weighted by Gasteiger charge is -2.23. The molecule has 1 saturated carbocycles. The molecule has 0 amide bonds. The summed E-state index contributed by atoms with van der Waals surface area (Å²) in [5, 5.41) is 8.70. The van der Waals surface area contributed by atoms with Gasteiger partial charge in [-0.15, -0.1) is 0 Å². The number of nitrogens with one attached hydrogen (secondary N) is 2. The molecule has 1 aliphatic carbocycles. The van der Waals surface area contributed by atoms with Gasteiger partial charge in [-0.3, -0.25) is 4.79 Å². The Hall–Kier alpha value is -2.37. The summed E-state index contributed by atoms with van der Waals surface area (Å²) in [6, 6.07) is 13.3. The molecule has 138 valence electrons. The number of carbonyl (C=O) groups excluding carboxylic acids is 1. The Balaban J connectivity index is 1.66. The van der Waals surface area contributed by atoms with Crippen molar-refractivity contribution in [1.82, 2.24) is 9.97 Å². The van der Waals surface area contributed by atoms with Crippen molar-refractivity contribution in [3.8, 4) is 0 Å². The number of carbonyl (C=O) groups is 1. The Labute approximate surface area is 167 Å². The first kappa shape index (κ1) is 18.0. The second-order valence-corrected chi connectivity index (χ2v) is 7.53. The van der Waals surface area contributed by atoms with Crippen LogP contribution in [0.4, 0.5) is 17.5 Å². The summed E-state index contributed by atoms with van der Waals surface area (Å²) < 4.78 is 0. The highest BCUT2D eigenvalue weighted by molar-refractivity contribution is 6.35. The Morgan fingerprint density at radius 1 is 0.963 bits per heavy atom. The number of halogens is 2. The van der Waals surface area contributed by atoms with Gasteiger partial charge in [0.15, 0.2) is 0 Å². The quantitative estimate of drug-likeness (QED) is 0.595. The van der Waals surface area contributed by atoms with Gasteiger partial charge in [-0.1, -0.05) is 35.3 Å². The lowest BCUT2D eigenvalue weighted by molar-refractivity contribution is -0.120. The van der Waals surface area contributed by atoms with E-state index in [1.54, 1.807) is 18.2 Å². The Morgan fingerprint density at radius 3 is 2.41 bits per heavy atom. The molecule has 5 nitrogen and oxygen atoms in total. The first-order valence-corrected chi connectivity index (χ1v) is 9.60. The van der Waals surface area contributed by atoms with E-state index in [-0.39, 0.29) is 6.04 Å². The van der Waals surface area contributed by atoms with Crippen molar-refractivity contribution in [2.75, 3.05) is 10.6 Å². The number of fused-ring (bicyclic) bond motifs is 1. The van der Waals surface area contributed by atoms with Crippen LogP contribution < -0.4 is 10.6 Å². The van der Waals surface area contributed by atoms with Crippen LogP contribution >= 0.6 is 23.2 Å². The molecule has 0 spiro atoms. The Bertz CT molecular complexity index is 978. The molecule has 2 aromatic carbocycles. The summed E-state index contributed by atoms with van der Waals surface area (Å²) >= 11 is 12.2. The molecule has 1 aliphatic rings. The van der Waals surface area contributed by atoms with Gasteiger partial charge in [-0.25, -0.2) is 4.98 Å². The minimum Gasteiger partial charge on any atom is -0.367 e. The molecule has 0 radical (unpaired) electrons. The van der Waals surface area contributed by atoms with Gasteiger partial charge in [0.1, 0.15) is 11.6 Å². The Morgan fingerprint density at radius 2 is 1.67 bits per heavy atom. The highest BCUT2D eigenvalue weighted by Crippen LogP contribution is 2.28. The van der Waals surface area contributed by atoms with E-state index in [4.69, 9.17) is 23.2 Å². The molecule has 0 bridgehead atoms. The van der Waals surface area contributed by atoms with Crippen LogP contribution in [0, 0.1) is 0 Å². The van der Waals surface area contributed by atoms with Gasteiger partial charge in [-0.05, 0) is 43.2 Å². The molecule has 4 rings (SSSR count). The molecule has 7 heteroatoms. The lowest BCUT2D eigenvalue weighted by atomic mass is 9.94. The summed E-state index contributed by atoms with van der Waals surface area (Å²) in [4.78, 5) is 20.8. The third-order valence-electron chi connectivity index (χ3n) is 4.61. The topological polar surface area (TPSA) is 66.9 Å². The number of Topliss-reactive ketones (excluding diaryl/α,β-unsaturated/α-hetero) is 1. The van der Waals surface area contributed by atoms with Gasteiger partial charge in [-0.2, -0.15) is 4.98 Å². The molecule has 0 saturated heterocycles. The van der Waals surface area contributed by atoms with E-state index < -0.39 is 0 Å². The summed E-state index contributed by atoms with van der Waals surface area (Å²) in [5.74, 6) is 1.55. The number of nitrogens with zero attached hydrogens (tertiary/aromatic N) is 2. The number of anilines is 3. The molecule has 1 heterocycles. The summed E-state index contributed by atoms with van der Waals surface area (Å²) in [7, 11) is 0. The third kappa shape index (κ3) is 4.31. The monoisotopic (exact) mass is 400 g/mol. The number of aromatic nitrogens is 2. The SMILES string of the molecule is O=C1CCC(Nc2nc(Nc3cc(Cl)cc(Cl)c3)nc3ccccc23)CC1. The van der Waals surface area contributed by atoms with Crippen LogP contribution in [0.5, 0.6) is 0 Å². The van der Waals surface area contributed by atoms with Crippen molar-refractivity contribution < 1.29 is 4.79 Å². The van der Waals surface area contributed by atoms with E-state index in [0.29, 0.717) is 34.6 Å². The van der Waals surface area contributed by atoms with Crippen LogP contribution in [-0.4, -0.2) is 21.8 Å². The predicted molar refractivity (Wildman–Crippen MR) is 110 cm³/mol. The van der Waals surface area contributed by atoms with E-state index in [2.05, 4.69) is 20.6 Å². The molecule has 0 unspecified atom stereocenters. The second-order valence-electron chi connectivity index (χ2n) is 6.65. The highest BCUT2D eigenvalue weighted by atomic mass is 35.5. The molecule has 1 aromatic heterocycles. The zero-order chi connectivity index (χ0) is 18.8. The molecule has 0 aliphatic heterocycles. The van der Waals surface area contributed by atoms with E-state index in [9.17, 15) is 4.79 Å². The number of benzene rings is 2. The van der Waals surface area contributed by atoms with Gasteiger partial charge in [0.25, 0.3) is 0 Å². The van der Waals surface area contributed by atoms with E-state index in [1.165, 1.54) is 0 Å². The first-order chi connectivity index (χ1) is 13.1. The van der Waals surface area contributed by atoms with Crippen LogP contribution in [0.25, 0.3) is 10.9 Å². The fourth-order valence-corrected chi connectivity index (χ4v) is 3.80. The average molecular weight is 401 g/mol. The fraction of sp³-hybridized carbons (Fsp3) is 0.250. The first-order valence-electron chi connectivity index (χ1n) is 8.85. The third-order valence-corrected chi connectivity index (χ3v) is 5.04. The number of hydrogen-bond donors (Lipinski definition) is 2. The standard InChI is InChI=1S/C20H18Cl2N4O/c21-12-9-13(22)11-15(10-12)24-20-25-18-4-2-1-3-17(18)19(26-20)23-14-5-7-16(27)8-6-14/h1-4,9-11,14H,5-8H2,(H2,23,24,25,26). The summed E-state index contributed by atoms with van der Waals surface area (Å²) in [6.45, 7) is 0. The van der Waals surface area contributed by atoms with Crippen LogP contribution in [0.15, 0.2) is 42.5 Å². The number of para-hydroxylation sites is 1. The van der Waals surface area contributed by atoms with Gasteiger partial charge in [0.2, 0.25) is 5.95 Å². The van der Waals surface area contributed by atoms with Gasteiger partial charge in [0, 0.05) is 40.0 Å². The minimum atomic E-state index is 0.231. The zero-order valence-electron chi connectivity index (χ0n) is 14.5. The van der Waals surface area contributed by atoms with Crippen LogP contribution in [0.1, 0.15) is 25.7 Å². The summed E-state index contributed by atoms with van der Waals surface area (Å²) in [5.41, 5.74) is 1.55. The number of rotatable bonds is 4. The molecule has 3 aromatic rings. The van der Waals surface area contributed by atoms with Crippen LogP contribution in [0.2, 0.25) is 10.0 Å². The van der Waals surface area contributed by atoms with E-state index >= 15 is 0 Å². The zero-order valence-corrected chi connectivity index (χ0v) is 16.0. The van der Waals surface area contributed by atoms with Crippen molar-refractivity contribution >= 4 is 57.3 Å². The lowest BCUT2D eigenvalue weighted by Crippen LogP contribution is -2.26. The fourth-order valence-electron chi connectivity index (χ4n) is 3.28. The maximum absolute atomic E-state index is 11.5. The number of ketones is 1. The van der Waals surface area contributed by atoms with Crippen molar-refractivity contribution in [3.63, 3.8) is 0 Å². The predicted octanol–water partition coefficient (Wildman–Crippen LogP) is 5.60. The second kappa shape index (κ2) is 7.71. The van der Waals surface area contributed by atoms with Crippen molar-refractivity contribution in [1.29, 1.82) is 0 Å². The molecule has 2 N–H and O–H groups in total. The van der Waals surface area contributed by atoms with E-state index in [0.717, 1.165) is 35.2 Å². The summed E-state index contributed by atoms with van der Waals surface area (Å²) in [6.07, 6.45) is 2.88. The molecular weight excluding hydrogens is 383 g/mol. The Kier molecular flexibility index (Phi) is 5.14. The van der Waals surface area contributed by atoms with Crippen molar-refractivity contribution in [2.24, 2.45) is 0 Å². The van der Waals surface area contributed by atoms with E-state index in [1.807, 2.05) is 24.3 Å². The average Bonchev–Trinajstić information content (AvgIpc) is 2.63. The van der Waals surface area contributed by atoms with Gasteiger partial charge < -0.3 is 10.6 Å². The smallest absolute Gasteiger partial charge is 0.229 e. The number of hydrogen-bond acceptors (Lipinski definition) is 5. The van der Waals surface area contributed by atoms with Crippen molar-refractivity contribution in [2.45, 2.75) is 31.7 Å². The van der Waals surface area contributed by atoms with Crippen molar-refractivity contribution in [3.05, 3.63) is 52.5 Å². The maximum Gasteiger partial charge on any atom is 0.229 e. The molecule has 27 heavy (non-hydrogen) atoms. The molecule has 1 fully saturated rings. The minimum absolute atomic E-state index is 0.231. The maximum atomic E-state index is 11.5. The van der Waals surface area contributed by atoms with Crippen LogP contribution in [-0.2, 0) is 4.79 Å². The normalized spacial score (nSPS) is 15.1. The largest absolute Gasteiger partial charge is 0.367 e.